The predicted octanol–water partition coefficient (Wildman–Crippen LogP) is 7.37. The van der Waals surface area contributed by atoms with Crippen LogP contribution in [0.3, 0.4) is 0 Å². The van der Waals surface area contributed by atoms with Gasteiger partial charge in [-0.1, -0.05) is 47.1 Å². The zero-order valence-electron chi connectivity index (χ0n) is 19.6. The Bertz CT molecular complexity index is 804. The third-order valence-electron chi connectivity index (χ3n) is 5.23. The molecule has 30 heavy (non-hydrogen) atoms. The minimum absolute atomic E-state index is 0.0947. The minimum Gasteiger partial charge on any atom is -0.508 e. The van der Waals surface area contributed by atoms with E-state index in [1.54, 1.807) is 26.0 Å². The van der Waals surface area contributed by atoms with Gasteiger partial charge in [0.25, 0.3) is 0 Å². The Morgan fingerprint density at radius 3 is 2.03 bits per heavy atom. The highest BCUT2D eigenvalue weighted by molar-refractivity contribution is 5.61. The van der Waals surface area contributed by atoms with E-state index < -0.39 is 5.60 Å². The number of hydrogen-bond acceptors (Lipinski definition) is 3. The van der Waals surface area contributed by atoms with E-state index in [9.17, 15) is 15.3 Å². The highest BCUT2D eigenvalue weighted by Gasteiger charge is 2.15. The van der Waals surface area contributed by atoms with Gasteiger partial charge in [-0.2, -0.15) is 0 Å². The third kappa shape index (κ3) is 10.5. The molecule has 0 radical (unpaired) electrons. The molecule has 0 saturated carbocycles. The van der Waals surface area contributed by atoms with Crippen molar-refractivity contribution < 1.29 is 15.3 Å². The van der Waals surface area contributed by atoms with E-state index in [-0.39, 0.29) is 11.5 Å². The first-order chi connectivity index (χ1) is 14.0. The van der Waals surface area contributed by atoms with Crippen molar-refractivity contribution in [2.75, 3.05) is 0 Å². The Morgan fingerprint density at radius 2 is 1.43 bits per heavy atom. The maximum Gasteiger partial charge on any atom is 0.123 e. The van der Waals surface area contributed by atoms with Crippen LogP contribution in [0.25, 0.3) is 6.08 Å². The molecule has 0 aliphatic rings. The van der Waals surface area contributed by atoms with E-state index in [4.69, 9.17) is 0 Å². The molecule has 0 saturated heterocycles. The number of hydrogen-bond donors (Lipinski definition) is 3. The van der Waals surface area contributed by atoms with E-state index in [2.05, 4.69) is 45.9 Å². The Kier molecular flexibility index (Phi) is 10.7. The quantitative estimate of drug-likeness (QED) is 0.263. The van der Waals surface area contributed by atoms with E-state index in [1.807, 2.05) is 0 Å². The Morgan fingerprint density at radius 1 is 0.867 bits per heavy atom. The van der Waals surface area contributed by atoms with Crippen LogP contribution in [-0.4, -0.2) is 20.9 Å². The first-order valence-electron chi connectivity index (χ1n) is 10.9. The minimum atomic E-state index is -0.981. The number of rotatable bonds is 11. The summed E-state index contributed by atoms with van der Waals surface area (Å²) in [5.74, 6) is 0.226. The summed E-state index contributed by atoms with van der Waals surface area (Å²) in [6.07, 6.45) is 15.9. The molecule has 3 heteroatoms. The lowest BCUT2D eigenvalue weighted by Crippen LogP contribution is -2.19. The van der Waals surface area contributed by atoms with Gasteiger partial charge in [-0.05, 0) is 97.8 Å². The van der Waals surface area contributed by atoms with Gasteiger partial charge in [0.05, 0.1) is 5.60 Å². The molecule has 3 nitrogen and oxygen atoms in total. The van der Waals surface area contributed by atoms with E-state index in [0.717, 1.165) is 32.1 Å². The fraction of sp³-hybridized carbons (Fsp3) is 0.481. The summed E-state index contributed by atoms with van der Waals surface area (Å²) in [6.45, 7) is 12.1. The molecule has 0 aromatic heterocycles. The molecule has 166 valence electrons. The smallest absolute Gasteiger partial charge is 0.123 e. The van der Waals surface area contributed by atoms with Crippen LogP contribution in [0.5, 0.6) is 11.5 Å². The second-order valence-corrected chi connectivity index (χ2v) is 8.89. The second-order valence-electron chi connectivity index (χ2n) is 8.89. The van der Waals surface area contributed by atoms with Crippen LogP contribution in [0.15, 0.2) is 53.2 Å². The zero-order valence-corrected chi connectivity index (χ0v) is 19.6. The first kappa shape index (κ1) is 25.8. The maximum atomic E-state index is 10.6. The van der Waals surface area contributed by atoms with Gasteiger partial charge in [0.2, 0.25) is 0 Å². The van der Waals surface area contributed by atoms with E-state index >= 15 is 0 Å². The summed E-state index contributed by atoms with van der Waals surface area (Å²) >= 11 is 0. The van der Waals surface area contributed by atoms with Crippen molar-refractivity contribution in [2.24, 2.45) is 0 Å². The number of phenolic OH excluding ortho intramolecular Hbond substituents is 2. The molecule has 0 spiro atoms. The van der Waals surface area contributed by atoms with Gasteiger partial charge in [-0.3, -0.25) is 0 Å². The summed E-state index contributed by atoms with van der Waals surface area (Å²) < 4.78 is 0. The molecular weight excluding hydrogens is 372 g/mol. The molecule has 0 aliphatic heterocycles. The lowest BCUT2D eigenvalue weighted by molar-refractivity contribution is 0.104. The number of aryl methyl sites for hydroxylation is 1. The van der Waals surface area contributed by atoms with Gasteiger partial charge in [0.15, 0.2) is 0 Å². The molecular formula is C27H40O3. The lowest BCUT2D eigenvalue weighted by atomic mass is 9.96. The van der Waals surface area contributed by atoms with E-state index in [0.29, 0.717) is 17.5 Å². The maximum absolute atomic E-state index is 10.6. The fourth-order valence-electron chi connectivity index (χ4n) is 3.13. The Hall–Kier alpha value is -2.26. The number of aliphatic hydroxyl groups is 1. The summed E-state index contributed by atoms with van der Waals surface area (Å²) in [5.41, 5.74) is 4.29. The van der Waals surface area contributed by atoms with E-state index in [1.165, 1.54) is 28.9 Å². The highest BCUT2D eigenvalue weighted by atomic mass is 16.3. The number of phenols is 2. The third-order valence-corrected chi connectivity index (χ3v) is 5.23. The van der Waals surface area contributed by atoms with Crippen molar-refractivity contribution in [1.29, 1.82) is 0 Å². The molecule has 1 rings (SSSR count). The van der Waals surface area contributed by atoms with Crippen LogP contribution < -0.4 is 0 Å². The molecule has 3 N–H and O–H groups in total. The molecule has 0 amide bonds. The molecule has 0 heterocycles. The fourth-order valence-corrected chi connectivity index (χ4v) is 3.13. The highest BCUT2D eigenvalue weighted by Crippen LogP contribution is 2.28. The van der Waals surface area contributed by atoms with Crippen LogP contribution >= 0.6 is 0 Å². The van der Waals surface area contributed by atoms with Crippen LogP contribution in [0.2, 0.25) is 0 Å². The predicted molar refractivity (Wildman–Crippen MR) is 129 cm³/mol. The van der Waals surface area contributed by atoms with Gasteiger partial charge in [0, 0.05) is 5.56 Å². The molecule has 0 aliphatic carbocycles. The van der Waals surface area contributed by atoms with Crippen molar-refractivity contribution >= 4 is 6.08 Å². The summed E-state index contributed by atoms with van der Waals surface area (Å²) in [7, 11) is 0. The Balaban J connectivity index is 2.49. The second kappa shape index (κ2) is 12.4. The largest absolute Gasteiger partial charge is 0.508 e. The van der Waals surface area contributed by atoms with Crippen LogP contribution in [-0.2, 0) is 0 Å². The van der Waals surface area contributed by atoms with Gasteiger partial charge in [0.1, 0.15) is 11.5 Å². The first-order valence-corrected chi connectivity index (χ1v) is 10.9. The summed E-state index contributed by atoms with van der Waals surface area (Å²) in [5, 5.41) is 30.4. The van der Waals surface area contributed by atoms with Gasteiger partial charge in [-0.15, -0.1) is 0 Å². The standard InChI is InChI=1S/C27H40O3/c1-20(2)10-7-11-21(3)12-8-13-22(4)14-9-16-27(6,30)17-15-24-19-25(28)23(5)18-26(24)29/h10,12,14-15,17-19,28-30H,7-9,11,13,16H2,1-6H3/b17-15+,21-12+,22-14+/t27-/m0/s1. The molecule has 0 fully saturated rings. The topological polar surface area (TPSA) is 60.7 Å². The molecule has 1 aromatic carbocycles. The van der Waals surface area contributed by atoms with Gasteiger partial charge in [-0.25, -0.2) is 0 Å². The monoisotopic (exact) mass is 412 g/mol. The Labute approximate surface area is 183 Å². The molecule has 0 unspecified atom stereocenters. The number of allylic oxidation sites excluding steroid dienone is 6. The zero-order chi connectivity index (χ0) is 22.7. The summed E-state index contributed by atoms with van der Waals surface area (Å²) in [4.78, 5) is 0. The molecule has 1 aromatic rings. The van der Waals surface area contributed by atoms with Crippen LogP contribution in [0.4, 0.5) is 0 Å². The van der Waals surface area contributed by atoms with Gasteiger partial charge < -0.3 is 15.3 Å². The normalized spacial score (nSPS) is 14.8. The molecule has 0 bridgehead atoms. The lowest BCUT2D eigenvalue weighted by Gasteiger charge is -2.18. The SMILES string of the molecule is CC(C)=CCC/C(C)=C/CC/C(C)=C/CC[C@](C)(O)/C=C/c1cc(O)c(C)cc1O. The molecule has 1 atom stereocenters. The van der Waals surface area contributed by atoms with Crippen molar-refractivity contribution in [3.63, 3.8) is 0 Å². The van der Waals surface area contributed by atoms with Crippen molar-refractivity contribution in [1.82, 2.24) is 0 Å². The van der Waals surface area contributed by atoms with Crippen molar-refractivity contribution in [3.05, 3.63) is 64.3 Å². The van der Waals surface area contributed by atoms with Gasteiger partial charge >= 0.3 is 0 Å². The van der Waals surface area contributed by atoms with Crippen molar-refractivity contribution in [3.8, 4) is 11.5 Å². The summed E-state index contributed by atoms with van der Waals surface area (Å²) in [6, 6.07) is 3.03. The van der Waals surface area contributed by atoms with Crippen molar-refractivity contribution in [2.45, 2.75) is 85.7 Å². The average molecular weight is 413 g/mol. The average Bonchev–Trinajstić information content (AvgIpc) is 2.63. The van der Waals surface area contributed by atoms with Crippen LogP contribution in [0.1, 0.15) is 84.3 Å². The van der Waals surface area contributed by atoms with Crippen LogP contribution in [0, 0.1) is 6.92 Å². The number of benzene rings is 1. The number of aromatic hydroxyl groups is 2.